The van der Waals surface area contributed by atoms with Crippen molar-refractivity contribution in [2.75, 3.05) is 27.2 Å². The lowest BCUT2D eigenvalue weighted by molar-refractivity contribution is -0.149. The van der Waals surface area contributed by atoms with Crippen LogP contribution in [0.3, 0.4) is 0 Å². The van der Waals surface area contributed by atoms with Gasteiger partial charge in [-0.05, 0) is 26.9 Å². The number of carbonyl (C=O) groups is 2. The van der Waals surface area contributed by atoms with E-state index in [2.05, 4.69) is 4.90 Å². The second kappa shape index (κ2) is 6.18. The minimum atomic E-state index is -0.904. The Kier molecular flexibility index (Phi) is 5.14. The van der Waals surface area contributed by atoms with Gasteiger partial charge in [0.2, 0.25) is 5.91 Å². The fourth-order valence-corrected chi connectivity index (χ4v) is 2.43. The van der Waals surface area contributed by atoms with Gasteiger partial charge in [0.05, 0.1) is 5.92 Å². The maximum absolute atomic E-state index is 12.3. The molecule has 1 rings (SSSR count). The predicted octanol–water partition coefficient (Wildman–Crippen LogP) is 0.896. The molecule has 0 bridgehead atoms. The molecular formula is C13H24N2O3. The van der Waals surface area contributed by atoms with Gasteiger partial charge in [-0.1, -0.05) is 13.8 Å². The zero-order chi connectivity index (χ0) is 13.9. The first kappa shape index (κ1) is 15.0. The van der Waals surface area contributed by atoms with Gasteiger partial charge >= 0.3 is 5.97 Å². The van der Waals surface area contributed by atoms with Crippen molar-refractivity contribution in [3.05, 3.63) is 0 Å². The second-order valence-electron chi connectivity index (χ2n) is 5.51. The highest BCUT2D eigenvalue weighted by Gasteiger charge is 2.35. The maximum atomic E-state index is 12.3. The van der Waals surface area contributed by atoms with Gasteiger partial charge in [0.25, 0.3) is 0 Å². The smallest absolute Gasteiger partial charge is 0.307 e. The van der Waals surface area contributed by atoms with Gasteiger partial charge in [-0.15, -0.1) is 0 Å². The number of aliphatic carboxylic acids is 1. The average molecular weight is 256 g/mol. The van der Waals surface area contributed by atoms with Crippen LogP contribution < -0.4 is 0 Å². The molecule has 0 spiro atoms. The number of hydrogen-bond acceptors (Lipinski definition) is 3. The lowest BCUT2D eigenvalue weighted by Crippen LogP contribution is -2.45. The molecule has 0 aliphatic carbocycles. The maximum Gasteiger partial charge on any atom is 0.307 e. The topological polar surface area (TPSA) is 60.9 Å². The van der Waals surface area contributed by atoms with Crippen molar-refractivity contribution in [2.45, 2.75) is 32.7 Å². The van der Waals surface area contributed by atoms with E-state index >= 15 is 0 Å². The summed E-state index contributed by atoms with van der Waals surface area (Å²) in [5, 5.41) is 8.98. The van der Waals surface area contributed by atoms with Crippen LogP contribution in [0.15, 0.2) is 0 Å². The van der Waals surface area contributed by atoms with E-state index in [1.807, 2.05) is 19.0 Å². The third kappa shape index (κ3) is 3.45. The Bertz CT molecular complexity index is 317. The summed E-state index contributed by atoms with van der Waals surface area (Å²) in [6, 6.07) is 0.232. The fourth-order valence-electron chi connectivity index (χ4n) is 2.43. The molecule has 0 saturated carbocycles. The Morgan fingerprint density at radius 3 is 2.44 bits per heavy atom. The van der Waals surface area contributed by atoms with Crippen LogP contribution >= 0.6 is 0 Å². The molecule has 1 aliphatic rings. The normalized spacial score (nSPS) is 23.2. The van der Waals surface area contributed by atoms with Gasteiger partial charge < -0.3 is 14.9 Å². The Balaban J connectivity index is 2.67. The third-order valence-corrected chi connectivity index (χ3v) is 3.77. The molecule has 0 aromatic rings. The molecule has 0 aromatic heterocycles. The molecule has 0 radical (unpaired) electrons. The summed E-state index contributed by atoms with van der Waals surface area (Å²) in [7, 11) is 3.98. The number of nitrogens with zero attached hydrogens (tertiary/aromatic N) is 2. The van der Waals surface area contributed by atoms with Gasteiger partial charge in [0, 0.05) is 25.0 Å². The Labute approximate surface area is 109 Å². The van der Waals surface area contributed by atoms with E-state index in [4.69, 9.17) is 5.11 Å². The van der Waals surface area contributed by atoms with E-state index < -0.39 is 17.8 Å². The summed E-state index contributed by atoms with van der Waals surface area (Å²) in [6.45, 7) is 4.92. The van der Waals surface area contributed by atoms with Crippen molar-refractivity contribution in [2.24, 2.45) is 11.8 Å². The van der Waals surface area contributed by atoms with E-state index in [1.165, 1.54) is 0 Å². The lowest BCUT2D eigenvalue weighted by atomic mass is 9.94. The molecule has 104 valence electrons. The van der Waals surface area contributed by atoms with Crippen LogP contribution in [0.5, 0.6) is 0 Å². The van der Waals surface area contributed by atoms with Gasteiger partial charge in [-0.2, -0.15) is 0 Å². The molecule has 1 aliphatic heterocycles. The molecule has 3 unspecified atom stereocenters. The molecule has 0 aromatic carbocycles. The number of carboxylic acid groups (broad SMARTS) is 1. The summed E-state index contributed by atoms with van der Waals surface area (Å²) in [5.74, 6) is -2.00. The van der Waals surface area contributed by atoms with Crippen LogP contribution in [0.25, 0.3) is 0 Å². The SMILES string of the molecule is CC(C(=O)O)C(C)C(=O)N1CCCC1CN(C)C. The van der Waals surface area contributed by atoms with Crippen LogP contribution in [-0.2, 0) is 9.59 Å². The van der Waals surface area contributed by atoms with E-state index in [1.54, 1.807) is 13.8 Å². The van der Waals surface area contributed by atoms with Crippen LogP contribution in [-0.4, -0.2) is 60.0 Å². The zero-order valence-corrected chi connectivity index (χ0v) is 11.7. The van der Waals surface area contributed by atoms with E-state index in [9.17, 15) is 9.59 Å². The first-order chi connectivity index (χ1) is 8.34. The fraction of sp³-hybridized carbons (Fsp3) is 0.846. The van der Waals surface area contributed by atoms with Crippen LogP contribution in [0.2, 0.25) is 0 Å². The number of carboxylic acids is 1. The first-order valence-electron chi connectivity index (χ1n) is 6.52. The van der Waals surface area contributed by atoms with Crippen molar-refractivity contribution in [1.29, 1.82) is 0 Å². The average Bonchev–Trinajstić information content (AvgIpc) is 2.73. The third-order valence-electron chi connectivity index (χ3n) is 3.77. The number of hydrogen-bond donors (Lipinski definition) is 1. The number of carbonyl (C=O) groups excluding carboxylic acids is 1. The minimum absolute atomic E-state index is 0.0192. The van der Waals surface area contributed by atoms with Crippen molar-refractivity contribution in [3.8, 4) is 0 Å². The highest BCUT2D eigenvalue weighted by Crippen LogP contribution is 2.23. The number of likely N-dealkylation sites (tertiary alicyclic amines) is 1. The first-order valence-corrected chi connectivity index (χ1v) is 6.52. The number of likely N-dealkylation sites (N-methyl/N-ethyl adjacent to an activating group) is 1. The Hall–Kier alpha value is -1.10. The van der Waals surface area contributed by atoms with Crippen molar-refractivity contribution >= 4 is 11.9 Å². The highest BCUT2D eigenvalue weighted by molar-refractivity contribution is 5.84. The van der Waals surface area contributed by atoms with Crippen LogP contribution in [0.4, 0.5) is 0 Å². The summed E-state index contributed by atoms with van der Waals surface area (Å²) in [5.41, 5.74) is 0. The van der Waals surface area contributed by atoms with Gasteiger partial charge in [0.15, 0.2) is 0 Å². The Morgan fingerprint density at radius 2 is 1.94 bits per heavy atom. The standard InChI is InChI=1S/C13H24N2O3/c1-9(10(2)13(17)18)12(16)15-7-5-6-11(15)8-14(3)4/h9-11H,5-8H2,1-4H3,(H,17,18). The van der Waals surface area contributed by atoms with Crippen molar-refractivity contribution in [1.82, 2.24) is 9.80 Å². The monoisotopic (exact) mass is 256 g/mol. The predicted molar refractivity (Wildman–Crippen MR) is 69.3 cm³/mol. The minimum Gasteiger partial charge on any atom is -0.481 e. The zero-order valence-electron chi connectivity index (χ0n) is 11.7. The highest BCUT2D eigenvalue weighted by atomic mass is 16.4. The second-order valence-corrected chi connectivity index (χ2v) is 5.51. The largest absolute Gasteiger partial charge is 0.481 e. The molecule has 1 saturated heterocycles. The van der Waals surface area contributed by atoms with Crippen LogP contribution in [0.1, 0.15) is 26.7 Å². The summed E-state index contributed by atoms with van der Waals surface area (Å²) >= 11 is 0. The lowest BCUT2D eigenvalue weighted by Gasteiger charge is -2.30. The van der Waals surface area contributed by atoms with E-state index in [0.717, 1.165) is 25.9 Å². The number of amides is 1. The van der Waals surface area contributed by atoms with Gasteiger partial charge in [-0.3, -0.25) is 9.59 Å². The number of rotatable bonds is 5. The molecule has 1 heterocycles. The summed E-state index contributed by atoms with van der Waals surface area (Å²) in [4.78, 5) is 27.2. The summed E-state index contributed by atoms with van der Waals surface area (Å²) < 4.78 is 0. The molecule has 5 nitrogen and oxygen atoms in total. The molecule has 1 N–H and O–H groups in total. The molecule has 18 heavy (non-hydrogen) atoms. The molecule has 5 heteroatoms. The molecule has 1 amide bonds. The van der Waals surface area contributed by atoms with Crippen LogP contribution in [0, 0.1) is 11.8 Å². The molecular weight excluding hydrogens is 232 g/mol. The molecule has 3 atom stereocenters. The summed E-state index contributed by atoms with van der Waals surface area (Å²) in [6.07, 6.45) is 2.02. The quantitative estimate of drug-likeness (QED) is 0.794. The van der Waals surface area contributed by atoms with E-state index in [-0.39, 0.29) is 11.9 Å². The van der Waals surface area contributed by atoms with Gasteiger partial charge in [-0.25, -0.2) is 0 Å². The van der Waals surface area contributed by atoms with Gasteiger partial charge in [0.1, 0.15) is 0 Å². The Morgan fingerprint density at radius 1 is 1.33 bits per heavy atom. The van der Waals surface area contributed by atoms with Crippen molar-refractivity contribution in [3.63, 3.8) is 0 Å². The van der Waals surface area contributed by atoms with E-state index in [0.29, 0.717) is 0 Å². The van der Waals surface area contributed by atoms with Crippen molar-refractivity contribution < 1.29 is 14.7 Å². The molecule has 1 fully saturated rings.